The van der Waals surface area contributed by atoms with Crippen molar-refractivity contribution in [3.05, 3.63) is 78.4 Å². The molecule has 4 atom stereocenters. The molecule has 0 heterocycles. The highest BCUT2D eigenvalue weighted by Crippen LogP contribution is 2.25. The third-order valence-corrected chi connectivity index (χ3v) is 7.54. The van der Waals surface area contributed by atoms with E-state index in [0.717, 1.165) is 16.3 Å². The molecule has 0 aliphatic rings. The molecular formula is C35H45N3O7. The van der Waals surface area contributed by atoms with Crippen LogP contribution in [0.4, 0.5) is 0 Å². The van der Waals surface area contributed by atoms with E-state index in [4.69, 9.17) is 4.74 Å². The van der Waals surface area contributed by atoms with Crippen molar-refractivity contribution in [3.8, 4) is 5.75 Å². The molecule has 242 valence electrons. The first-order chi connectivity index (χ1) is 21.6. The van der Waals surface area contributed by atoms with Gasteiger partial charge in [0.15, 0.2) is 0 Å². The Balaban J connectivity index is 1.60. The second kappa shape index (κ2) is 17.8. The number of hydrogen-bond donors (Lipinski definition) is 5. The zero-order valence-electron chi connectivity index (χ0n) is 26.2. The van der Waals surface area contributed by atoms with E-state index in [-0.39, 0.29) is 37.7 Å². The maximum Gasteiger partial charge on any atom is 0.326 e. The summed E-state index contributed by atoms with van der Waals surface area (Å²) in [5, 5.41) is 30.9. The number of benzene rings is 3. The molecule has 3 aromatic carbocycles. The van der Waals surface area contributed by atoms with Crippen LogP contribution in [0.25, 0.3) is 10.8 Å². The van der Waals surface area contributed by atoms with Crippen LogP contribution in [0.2, 0.25) is 0 Å². The number of carbonyl (C=O) groups excluding carboxylic acids is 3. The molecular weight excluding hydrogens is 574 g/mol. The highest BCUT2D eigenvalue weighted by Gasteiger charge is 2.30. The minimum atomic E-state index is -1.48. The fourth-order valence-electron chi connectivity index (χ4n) is 5.01. The van der Waals surface area contributed by atoms with Gasteiger partial charge in [-0.1, -0.05) is 87.5 Å². The van der Waals surface area contributed by atoms with Crippen molar-refractivity contribution in [1.29, 1.82) is 0 Å². The Morgan fingerprint density at radius 3 is 2.24 bits per heavy atom. The standard InChI is InChI=1S/C35H45N3O7/c1-4-25(34(42)36-22-23(2)3)20-30(39)28(19-24-11-6-5-7-12-24)37-33(41)21-29(35(43)44)38-32(40)17-18-45-31-16-10-14-26-13-8-9-15-27(26)31/h5-16,23,25,28-30,39H,4,17-22H2,1-3H3,(H,36,42)(H,37,41)(H,38,40)(H,43,44)/t25-,28+,29+,30+/m1/s1. The second-order valence-electron chi connectivity index (χ2n) is 11.6. The summed E-state index contributed by atoms with van der Waals surface area (Å²) < 4.78 is 5.79. The van der Waals surface area contributed by atoms with Crippen molar-refractivity contribution in [2.45, 2.75) is 71.1 Å². The predicted octanol–water partition coefficient (Wildman–Crippen LogP) is 3.85. The van der Waals surface area contributed by atoms with Crippen molar-refractivity contribution in [2.24, 2.45) is 11.8 Å². The molecule has 45 heavy (non-hydrogen) atoms. The summed E-state index contributed by atoms with van der Waals surface area (Å²) >= 11 is 0. The molecule has 0 aliphatic heterocycles. The van der Waals surface area contributed by atoms with Gasteiger partial charge in [0.05, 0.1) is 31.6 Å². The van der Waals surface area contributed by atoms with Gasteiger partial charge in [-0.2, -0.15) is 0 Å². The van der Waals surface area contributed by atoms with Crippen molar-refractivity contribution >= 4 is 34.5 Å². The molecule has 3 aromatic rings. The van der Waals surface area contributed by atoms with E-state index in [9.17, 15) is 29.4 Å². The first-order valence-corrected chi connectivity index (χ1v) is 15.5. The largest absolute Gasteiger partial charge is 0.492 e. The summed E-state index contributed by atoms with van der Waals surface area (Å²) in [6.45, 7) is 6.40. The molecule has 0 unspecified atom stereocenters. The SMILES string of the molecule is CC[C@H](C[C@H](O)[C@H](Cc1ccccc1)NC(=O)C[C@H](NC(=O)CCOc1cccc2ccccc12)C(=O)O)C(=O)NCC(C)C. The lowest BCUT2D eigenvalue weighted by atomic mass is 9.91. The first-order valence-electron chi connectivity index (χ1n) is 15.5. The molecule has 0 spiro atoms. The number of fused-ring (bicyclic) bond motifs is 1. The third-order valence-electron chi connectivity index (χ3n) is 7.54. The van der Waals surface area contributed by atoms with Crippen LogP contribution in [0.1, 0.15) is 52.0 Å². The number of aliphatic carboxylic acids is 1. The Labute approximate surface area is 264 Å². The monoisotopic (exact) mass is 619 g/mol. The zero-order valence-corrected chi connectivity index (χ0v) is 26.2. The Hall–Kier alpha value is -4.44. The van der Waals surface area contributed by atoms with E-state index >= 15 is 0 Å². The Bertz CT molecular complexity index is 1410. The van der Waals surface area contributed by atoms with Gasteiger partial charge < -0.3 is 30.9 Å². The van der Waals surface area contributed by atoms with Crippen LogP contribution in [-0.2, 0) is 25.6 Å². The summed E-state index contributed by atoms with van der Waals surface area (Å²) in [5.74, 6) is -2.31. The number of carbonyl (C=O) groups is 4. The molecule has 0 saturated heterocycles. The highest BCUT2D eigenvalue weighted by atomic mass is 16.5. The molecule has 0 radical (unpaired) electrons. The number of ether oxygens (including phenoxy) is 1. The van der Waals surface area contributed by atoms with Crippen LogP contribution < -0.4 is 20.7 Å². The van der Waals surface area contributed by atoms with Gasteiger partial charge in [-0.3, -0.25) is 14.4 Å². The molecule has 3 rings (SSSR count). The second-order valence-corrected chi connectivity index (χ2v) is 11.6. The maximum absolute atomic E-state index is 13.1. The zero-order chi connectivity index (χ0) is 32.8. The molecule has 3 amide bonds. The van der Waals surface area contributed by atoms with Gasteiger partial charge in [-0.05, 0) is 42.2 Å². The average molecular weight is 620 g/mol. The number of nitrogens with one attached hydrogen (secondary N) is 3. The Morgan fingerprint density at radius 1 is 0.867 bits per heavy atom. The topological polar surface area (TPSA) is 154 Å². The van der Waals surface area contributed by atoms with E-state index in [1.165, 1.54) is 0 Å². The lowest BCUT2D eigenvalue weighted by Crippen LogP contribution is -2.50. The summed E-state index contributed by atoms with van der Waals surface area (Å²) in [7, 11) is 0. The summed E-state index contributed by atoms with van der Waals surface area (Å²) in [6, 6.07) is 20.3. The minimum Gasteiger partial charge on any atom is -0.492 e. The minimum absolute atomic E-state index is 0.0209. The van der Waals surface area contributed by atoms with Gasteiger partial charge >= 0.3 is 5.97 Å². The summed E-state index contributed by atoms with van der Waals surface area (Å²) in [6.07, 6.45) is -0.824. The molecule has 0 fully saturated rings. The molecule has 0 aliphatic carbocycles. The van der Waals surface area contributed by atoms with Gasteiger partial charge in [0.1, 0.15) is 11.8 Å². The summed E-state index contributed by atoms with van der Waals surface area (Å²) in [4.78, 5) is 50.4. The van der Waals surface area contributed by atoms with E-state index in [1.54, 1.807) is 6.07 Å². The number of amides is 3. The molecule has 10 heteroatoms. The van der Waals surface area contributed by atoms with Crippen LogP contribution in [0.15, 0.2) is 72.8 Å². The van der Waals surface area contributed by atoms with Crippen LogP contribution >= 0.6 is 0 Å². The van der Waals surface area contributed by atoms with Crippen molar-refractivity contribution in [1.82, 2.24) is 16.0 Å². The molecule has 0 bridgehead atoms. The Morgan fingerprint density at radius 2 is 1.56 bits per heavy atom. The van der Waals surface area contributed by atoms with E-state index < -0.39 is 48.3 Å². The number of aliphatic hydroxyl groups is 1. The van der Waals surface area contributed by atoms with Crippen LogP contribution in [0, 0.1) is 11.8 Å². The van der Waals surface area contributed by atoms with E-state index in [2.05, 4.69) is 16.0 Å². The van der Waals surface area contributed by atoms with Crippen molar-refractivity contribution in [2.75, 3.05) is 13.2 Å². The highest BCUT2D eigenvalue weighted by molar-refractivity contribution is 5.89. The normalized spacial score (nSPS) is 13.8. The van der Waals surface area contributed by atoms with Gasteiger partial charge in [0, 0.05) is 17.8 Å². The maximum atomic E-state index is 13.1. The lowest BCUT2D eigenvalue weighted by molar-refractivity contribution is -0.143. The van der Waals surface area contributed by atoms with Gasteiger partial charge in [-0.15, -0.1) is 0 Å². The number of hydrogen-bond acceptors (Lipinski definition) is 6. The van der Waals surface area contributed by atoms with Gasteiger partial charge in [-0.25, -0.2) is 4.79 Å². The van der Waals surface area contributed by atoms with E-state index in [0.29, 0.717) is 18.7 Å². The molecule has 5 N–H and O–H groups in total. The Kier molecular flexibility index (Phi) is 13.8. The third kappa shape index (κ3) is 11.5. The van der Waals surface area contributed by atoms with Crippen LogP contribution in [-0.4, -0.2) is 65.2 Å². The predicted molar refractivity (Wildman–Crippen MR) is 173 cm³/mol. The number of rotatable bonds is 18. The number of carboxylic acid groups (broad SMARTS) is 1. The fourth-order valence-corrected chi connectivity index (χ4v) is 5.01. The van der Waals surface area contributed by atoms with Gasteiger partial charge in [0.2, 0.25) is 17.7 Å². The molecule has 0 saturated carbocycles. The fraction of sp³-hybridized carbons (Fsp3) is 0.429. The first kappa shape index (κ1) is 35.0. The molecule has 0 aromatic heterocycles. The van der Waals surface area contributed by atoms with Crippen LogP contribution in [0.3, 0.4) is 0 Å². The van der Waals surface area contributed by atoms with Crippen molar-refractivity contribution < 1.29 is 34.1 Å². The average Bonchev–Trinajstić information content (AvgIpc) is 3.02. The lowest BCUT2D eigenvalue weighted by Gasteiger charge is -2.28. The number of aliphatic hydroxyl groups excluding tert-OH is 1. The number of carboxylic acids is 1. The van der Waals surface area contributed by atoms with Crippen molar-refractivity contribution in [3.63, 3.8) is 0 Å². The molecule has 10 nitrogen and oxygen atoms in total. The van der Waals surface area contributed by atoms with Gasteiger partial charge in [0.25, 0.3) is 0 Å². The van der Waals surface area contributed by atoms with E-state index in [1.807, 2.05) is 87.5 Å². The summed E-state index contributed by atoms with van der Waals surface area (Å²) in [5.41, 5.74) is 0.855. The van der Waals surface area contributed by atoms with Crippen LogP contribution in [0.5, 0.6) is 5.75 Å². The quantitative estimate of drug-likeness (QED) is 0.145. The smallest absolute Gasteiger partial charge is 0.326 e.